The standard InChI is InChI=1S/C25H29N3O3S/c1-4-28-17(3)22(24(30)31-5-2)23(27-25(28)32)19-12-9-13-20(16-19)26-21(29)15-14-18-10-7-6-8-11-18/h6-13,16,23H,4-5,14-15H2,1-3H3,(H,26,29)(H,27,32). The van der Waals surface area contributed by atoms with Gasteiger partial charge < -0.3 is 20.3 Å². The third-order valence-electron chi connectivity index (χ3n) is 5.40. The van der Waals surface area contributed by atoms with Gasteiger partial charge in [0.05, 0.1) is 18.2 Å². The molecule has 1 unspecified atom stereocenters. The molecule has 2 N–H and O–H groups in total. The van der Waals surface area contributed by atoms with E-state index < -0.39 is 6.04 Å². The third-order valence-corrected chi connectivity index (χ3v) is 5.73. The maximum Gasteiger partial charge on any atom is 0.338 e. The van der Waals surface area contributed by atoms with Crippen molar-refractivity contribution in [2.75, 3.05) is 18.5 Å². The number of benzene rings is 2. The molecule has 1 aliphatic rings. The number of nitrogens with zero attached hydrogens (tertiary/aromatic N) is 1. The van der Waals surface area contributed by atoms with Crippen LogP contribution >= 0.6 is 12.2 Å². The number of rotatable bonds is 8. The van der Waals surface area contributed by atoms with E-state index in [1.165, 1.54) is 0 Å². The highest BCUT2D eigenvalue weighted by Crippen LogP contribution is 2.32. The van der Waals surface area contributed by atoms with E-state index >= 15 is 0 Å². The first-order chi connectivity index (χ1) is 15.4. The fourth-order valence-corrected chi connectivity index (χ4v) is 4.19. The fourth-order valence-electron chi connectivity index (χ4n) is 3.81. The second kappa shape index (κ2) is 10.9. The number of anilines is 1. The van der Waals surface area contributed by atoms with Gasteiger partial charge in [-0.3, -0.25) is 4.79 Å². The number of nitrogens with one attached hydrogen (secondary N) is 2. The monoisotopic (exact) mass is 451 g/mol. The van der Waals surface area contributed by atoms with Crippen molar-refractivity contribution in [2.45, 2.75) is 39.7 Å². The molecule has 0 spiro atoms. The van der Waals surface area contributed by atoms with Crippen molar-refractivity contribution in [2.24, 2.45) is 0 Å². The molecule has 6 nitrogen and oxygen atoms in total. The average Bonchev–Trinajstić information content (AvgIpc) is 2.78. The van der Waals surface area contributed by atoms with E-state index in [1.807, 2.05) is 73.3 Å². The summed E-state index contributed by atoms with van der Waals surface area (Å²) in [5.41, 5.74) is 3.92. The number of esters is 1. The van der Waals surface area contributed by atoms with E-state index in [9.17, 15) is 9.59 Å². The summed E-state index contributed by atoms with van der Waals surface area (Å²) in [7, 11) is 0. The van der Waals surface area contributed by atoms with E-state index in [-0.39, 0.29) is 18.5 Å². The van der Waals surface area contributed by atoms with Crippen LogP contribution in [-0.2, 0) is 20.7 Å². The highest BCUT2D eigenvalue weighted by molar-refractivity contribution is 7.80. The molecule has 1 heterocycles. The zero-order valence-corrected chi connectivity index (χ0v) is 19.5. The highest BCUT2D eigenvalue weighted by Gasteiger charge is 2.34. The van der Waals surface area contributed by atoms with E-state index in [0.29, 0.717) is 35.8 Å². The molecule has 0 saturated carbocycles. The lowest BCUT2D eigenvalue weighted by Crippen LogP contribution is -2.47. The normalized spacial score (nSPS) is 15.9. The van der Waals surface area contributed by atoms with Crippen LogP contribution in [0.25, 0.3) is 0 Å². The summed E-state index contributed by atoms with van der Waals surface area (Å²) in [6.45, 7) is 6.57. The number of aryl methyl sites for hydroxylation is 1. The van der Waals surface area contributed by atoms with Crippen LogP contribution in [0.2, 0.25) is 0 Å². The van der Waals surface area contributed by atoms with Crippen LogP contribution in [0.5, 0.6) is 0 Å². The Morgan fingerprint density at radius 1 is 1.12 bits per heavy atom. The quantitative estimate of drug-likeness (QED) is 0.459. The zero-order chi connectivity index (χ0) is 23.1. The second-order valence-electron chi connectivity index (χ2n) is 7.51. The first kappa shape index (κ1) is 23.5. The second-order valence-corrected chi connectivity index (χ2v) is 7.89. The van der Waals surface area contributed by atoms with Crippen molar-refractivity contribution in [1.29, 1.82) is 0 Å². The summed E-state index contributed by atoms with van der Waals surface area (Å²) in [5, 5.41) is 6.78. The minimum Gasteiger partial charge on any atom is -0.463 e. The lowest BCUT2D eigenvalue weighted by molar-refractivity contribution is -0.139. The van der Waals surface area contributed by atoms with Crippen LogP contribution in [0, 0.1) is 0 Å². The van der Waals surface area contributed by atoms with E-state index in [4.69, 9.17) is 17.0 Å². The molecular weight excluding hydrogens is 422 g/mol. The van der Waals surface area contributed by atoms with Gasteiger partial charge in [-0.05, 0) is 62.7 Å². The van der Waals surface area contributed by atoms with E-state index in [0.717, 1.165) is 16.8 Å². The number of amides is 1. The van der Waals surface area contributed by atoms with Gasteiger partial charge >= 0.3 is 5.97 Å². The number of ether oxygens (including phenoxy) is 1. The predicted octanol–water partition coefficient (Wildman–Crippen LogP) is 4.35. The Labute approximate surface area is 194 Å². The maximum absolute atomic E-state index is 12.8. The maximum atomic E-state index is 12.8. The molecule has 1 amide bonds. The largest absolute Gasteiger partial charge is 0.463 e. The molecular formula is C25H29N3O3S. The summed E-state index contributed by atoms with van der Waals surface area (Å²) in [5.74, 6) is -0.437. The van der Waals surface area contributed by atoms with Crippen molar-refractivity contribution < 1.29 is 14.3 Å². The number of hydrogen-bond acceptors (Lipinski definition) is 4. The molecule has 1 atom stereocenters. The molecule has 1 aliphatic heterocycles. The number of carbonyl (C=O) groups excluding carboxylic acids is 2. The van der Waals surface area contributed by atoms with E-state index in [1.54, 1.807) is 6.92 Å². The van der Waals surface area contributed by atoms with Gasteiger partial charge in [0, 0.05) is 24.4 Å². The third kappa shape index (κ3) is 5.53. The number of thiocarbonyl (C=S) groups is 1. The van der Waals surface area contributed by atoms with Crippen LogP contribution in [0.3, 0.4) is 0 Å². The van der Waals surface area contributed by atoms with Crippen molar-refractivity contribution in [3.63, 3.8) is 0 Å². The first-order valence-electron chi connectivity index (χ1n) is 10.8. The van der Waals surface area contributed by atoms with Crippen molar-refractivity contribution in [3.05, 3.63) is 77.0 Å². The Morgan fingerprint density at radius 3 is 2.56 bits per heavy atom. The summed E-state index contributed by atoms with van der Waals surface area (Å²) in [6.07, 6.45) is 1.06. The van der Waals surface area contributed by atoms with Crippen LogP contribution in [0.15, 0.2) is 65.9 Å². The van der Waals surface area contributed by atoms with E-state index in [2.05, 4.69) is 10.6 Å². The summed E-state index contributed by atoms with van der Waals surface area (Å²) in [6, 6.07) is 16.9. The lowest BCUT2D eigenvalue weighted by atomic mass is 9.94. The summed E-state index contributed by atoms with van der Waals surface area (Å²) in [4.78, 5) is 27.1. The molecule has 2 aromatic rings. The molecule has 168 valence electrons. The van der Waals surface area contributed by atoms with Gasteiger partial charge in [-0.15, -0.1) is 0 Å². The first-order valence-corrected chi connectivity index (χ1v) is 11.2. The molecule has 0 aromatic heterocycles. The molecule has 0 fully saturated rings. The molecule has 7 heteroatoms. The van der Waals surface area contributed by atoms with Gasteiger partial charge in [0.15, 0.2) is 5.11 Å². The lowest BCUT2D eigenvalue weighted by Gasteiger charge is -2.37. The van der Waals surface area contributed by atoms with Gasteiger partial charge in [-0.25, -0.2) is 4.79 Å². The van der Waals surface area contributed by atoms with Gasteiger partial charge in [-0.2, -0.15) is 0 Å². The fraction of sp³-hybridized carbons (Fsp3) is 0.320. The van der Waals surface area contributed by atoms with Crippen LogP contribution in [-0.4, -0.2) is 35.0 Å². The summed E-state index contributed by atoms with van der Waals surface area (Å²) < 4.78 is 5.32. The zero-order valence-electron chi connectivity index (χ0n) is 18.7. The average molecular weight is 452 g/mol. The highest BCUT2D eigenvalue weighted by atomic mass is 32.1. The van der Waals surface area contributed by atoms with Crippen LogP contribution < -0.4 is 10.6 Å². The molecule has 0 radical (unpaired) electrons. The molecule has 0 aliphatic carbocycles. The Hall–Kier alpha value is -3.19. The van der Waals surface area contributed by atoms with Crippen molar-refractivity contribution in [3.8, 4) is 0 Å². The predicted molar refractivity (Wildman–Crippen MR) is 130 cm³/mol. The molecule has 2 aromatic carbocycles. The molecule has 32 heavy (non-hydrogen) atoms. The number of hydrogen-bond donors (Lipinski definition) is 2. The Kier molecular flexibility index (Phi) is 8.00. The Morgan fingerprint density at radius 2 is 1.88 bits per heavy atom. The SMILES string of the molecule is CCOC(=O)C1=C(C)N(CC)C(=S)NC1c1cccc(NC(=O)CCc2ccccc2)c1. The smallest absolute Gasteiger partial charge is 0.338 e. The van der Waals surface area contributed by atoms with Crippen LogP contribution in [0.1, 0.15) is 44.4 Å². The van der Waals surface area contributed by atoms with Gasteiger partial charge in [0.25, 0.3) is 0 Å². The Bertz CT molecular complexity index is 1020. The van der Waals surface area contributed by atoms with Gasteiger partial charge in [0.1, 0.15) is 0 Å². The molecule has 3 rings (SSSR count). The van der Waals surface area contributed by atoms with Gasteiger partial charge in [-0.1, -0.05) is 42.5 Å². The van der Waals surface area contributed by atoms with Gasteiger partial charge in [0.2, 0.25) is 5.91 Å². The van der Waals surface area contributed by atoms with Crippen LogP contribution in [0.4, 0.5) is 5.69 Å². The topological polar surface area (TPSA) is 70.7 Å². The molecule has 0 saturated heterocycles. The minimum absolute atomic E-state index is 0.0624. The Balaban J connectivity index is 1.80. The van der Waals surface area contributed by atoms with Crippen molar-refractivity contribution in [1.82, 2.24) is 10.2 Å². The van der Waals surface area contributed by atoms with Crippen molar-refractivity contribution >= 4 is 34.9 Å². The minimum atomic E-state index is -0.453. The number of carbonyl (C=O) groups is 2. The molecule has 0 bridgehead atoms. The summed E-state index contributed by atoms with van der Waals surface area (Å²) >= 11 is 5.53. The number of allylic oxidation sites excluding steroid dienone is 1.